The number of nitrogens with zero attached hydrogens (tertiary/aromatic N) is 7. The molecule has 0 unspecified atom stereocenters. The van der Waals surface area contributed by atoms with E-state index in [4.69, 9.17) is 11.1 Å². The molecule has 13 nitrogen and oxygen atoms in total. The average Bonchev–Trinajstić information content (AvgIpc) is 2.98. The van der Waals surface area contributed by atoms with E-state index in [0.29, 0.717) is 6.07 Å². The molecule has 2 aromatic carbocycles. The van der Waals surface area contributed by atoms with Crippen molar-refractivity contribution in [2.24, 2.45) is 9.04 Å². The van der Waals surface area contributed by atoms with E-state index in [2.05, 4.69) is 18.9 Å². The monoisotopic (exact) mass is 433 g/mol. The zero-order valence-corrected chi connectivity index (χ0v) is 15.6. The van der Waals surface area contributed by atoms with Gasteiger partial charge in [0, 0.05) is 36.4 Å². The average molecular weight is 433 g/mol. The molecular formula is C14H7N7O6S2. The molecule has 0 saturated heterocycles. The van der Waals surface area contributed by atoms with E-state index in [1.165, 1.54) is 12.1 Å². The molecule has 0 saturated carbocycles. The zero-order chi connectivity index (χ0) is 21.4. The third kappa shape index (κ3) is 3.49. The van der Waals surface area contributed by atoms with E-state index in [9.17, 15) is 26.4 Å². The zero-order valence-electron chi connectivity index (χ0n) is 13.9. The molecule has 0 aromatic heterocycles. The van der Waals surface area contributed by atoms with Crippen LogP contribution in [0.4, 0.5) is 5.69 Å². The number of hydrogen-bond acceptors (Lipinski definition) is 6. The highest BCUT2D eigenvalue weighted by Crippen LogP contribution is 2.33. The fourth-order valence-electron chi connectivity index (χ4n) is 2.63. The smallest absolute Gasteiger partial charge is 0.264 e. The Labute approximate surface area is 162 Å². The Balaban J connectivity index is 2.38. The Kier molecular flexibility index (Phi) is 4.74. The Morgan fingerprint density at radius 3 is 2.00 bits per heavy atom. The summed E-state index contributed by atoms with van der Waals surface area (Å²) in [5.41, 5.74) is 17.0. The van der Waals surface area contributed by atoms with Gasteiger partial charge in [-0.3, -0.25) is 9.59 Å². The van der Waals surface area contributed by atoms with Crippen LogP contribution in [-0.4, -0.2) is 28.6 Å². The van der Waals surface area contributed by atoms with Crippen molar-refractivity contribution in [3.63, 3.8) is 0 Å². The third-order valence-corrected chi connectivity index (χ3v) is 6.11. The molecule has 0 atom stereocenters. The van der Waals surface area contributed by atoms with Gasteiger partial charge in [0.15, 0.2) is 0 Å². The first-order chi connectivity index (χ1) is 13.6. The van der Waals surface area contributed by atoms with Gasteiger partial charge >= 0.3 is 0 Å². The van der Waals surface area contributed by atoms with Crippen LogP contribution < -0.4 is 4.90 Å². The maximum atomic E-state index is 12.4. The van der Waals surface area contributed by atoms with Gasteiger partial charge in [0.25, 0.3) is 31.9 Å². The van der Waals surface area contributed by atoms with Gasteiger partial charge in [0.2, 0.25) is 0 Å². The van der Waals surface area contributed by atoms with Gasteiger partial charge in [-0.25, -0.2) is 21.7 Å². The number of fused-ring (bicyclic) bond motifs is 1. The molecule has 2 aromatic rings. The minimum absolute atomic E-state index is 0.0144. The fraction of sp³-hybridized carbons (Fsp3) is 0. The number of anilines is 1. The highest BCUT2D eigenvalue weighted by molar-refractivity contribution is 7.91. The van der Waals surface area contributed by atoms with E-state index in [1.807, 2.05) is 0 Å². The van der Waals surface area contributed by atoms with Gasteiger partial charge in [-0.05, 0) is 40.7 Å². The summed E-state index contributed by atoms with van der Waals surface area (Å²) in [5.74, 6) is -1.31. The van der Waals surface area contributed by atoms with Crippen molar-refractivity contribution in [2.45, 2.75) is 9.79 Å². The summed E-state index contributed by atoms with van der Waals surface area (Å²) < 4.78 is 54.2. The van der Waals surface area contributed by atoms with Crippen LogP contribution >= 0.6 is 0 Å². The number of carbonyl (C=O) groups excluding carboxylic acids is 2. The second kappa shape index (κ2) is 6.92. The Morgan fingerprint density at radius 1 is 0.828 bits per heavy atom. The summed E-state index contributed by atoms with van der Waals surface area (Å²) in [6, 6.07) is 5.39. The molecule has 0 aliphatic carbocycles. The van der Waals surface area contributed by atoms with Crippen LogP contribution in [0.2, 0.25) is 0 Å². The van der Waals surface area contributed by atoms with Crippen LogP contribution in [0.25, 0.3) is 31.7 Å². The van der Waals surface area contributed by atoms with Crippen molar-refractivity contribution < 1.29 is 26.4 Å². The summed E-state index contributed by atoms with van der Waals surface area (Å²) in [7, 11) is -9.26. The molecule has 1 heterocycles. The van der Waals surface area contributed by atoms with E-state index in [-0.39, 0.29) is 16.5 Å². The highest BCUT2D eigenvalue weighted by atomic mass is 32.2. The van der Waals surface area contributed by atoms with Gasteiger partial charge in [0.1, 0.15) is 0 Å². The first-order valence-electron chi connectivity index (χ1n) is 7.37. The minimum atomic E-state index is -4.70. The number of sulfonamides is 2. The van der Waals surface area contributed by atoms with E-state index in [1.54, 1.807) is 0 Å². The van der Waals surface area contributed by atoms with E-state index >= 15 is 0 Å². The summed E-state index contributed by atoms with van der Waals surface area (Å²) in [6.45, 7) is 0. The standard InChI is InChI=1S/C14H7N7O6S2/c15-17-19-28(24,25)10-5-8-1-2-9(21-13(22)3-4-14(21)23)6-11(8)12(7-10)29(26,27)20-18-16/h1-7H. The number of rotatable bonds is 5. The lowest BCUT2D eigenvalue weighted by atomic mass is 10.1. The number of carbonyl (C=O) groups is 2. The molecule has 0 radical (unpaired) electrons. The predicted molar refractivity (Wildman–Crippen MR) is 98.2 cm³/mol. The minimum Gasteiger partial charge on any atom is -0.269 e. The van der Waals surface area contributed by atoms with Crippen LogP contribution in [0.15, 0.2) is 61.3 Å². The van der Waals surface area contributed by atoms with Crippen molar-refractivity contribution in [2.75, 3.05) is 4.90 Å². The molecule has 0 N–H and O–H groups in total. The van der Waals surface area contributed by atoms with Gasteiger partial charge in [-0.2, -0.15) is 0 Å². The van der Waals surface area contributed by atoms with Crippen molar-refractivity contribution in [3.05, 3.63) is 63.4 Å². The van der Waals surface area contributed by atoms with E-state index < -0.39 is 41.7 Å². The van der Waals surface area contributed by atoms with Crippen LogP contribution in [0, 0.1) is 0 Å². The van der Waals surface area contributed by atoms with Crippen LogP contribution in [0.5, 0.6) is 0 Å². The third-order valence-electron chi connectivity index (χ3n) is 3.80. The topological polar surface area (TPSA) is 203 Å². The number of azide groups is 2. The molecule has 0 fully saturated rings. The molecule has 29 heavy (non-hydrogen) atoms. The maximum Gasteiger partial charge on any atom is 0.264 e. The Bertz CT molecular complexity index is 1410. The number of imide groups is 1. The molecule has 3 rings (SSSR count). The molecule has 0 bridgehead atoms. The van der Waals surface area contributed by atoms with Crippen molar-refractivity contribution >= 4 is 48.3 Å². The van der Waals surface area contributed by atoms with Crippen molar-refractivity contribution in [3.8, 4) is 0 Å². The molecule has 0 spiro atoms. The second-order valence-corrected chi connectivity index (χ2v) is 8.60. The highest BCUT2D eigenvalue weighted by Gasteiger charge is 2.27. The quantitative estimate of drug-likeness (QED) is 0.299. The molecular weight excluding hydrogens is 426 g/mol. The van der Waals surface area contributed by atoms with E-state index in [0.717, 1.165) is 29.2 Å². The van der Waals surface area contributed by atoms with Crippen LogP contribution in [0.3, 0.4) is 0 Å². The SMILES string of the molecule is [N-]=[N+]=NS(=O)(=O)c1cc(S(=O)(=O)N=[N+]=[N-])c2cc(N3C(=O)C=CC3=O)ccc2c1. The number of benzene rings is 2. The lowest BCUT2D eigenvalue weighted by molar-refractivity contribution is -0.119. The summed E-state index contributed by atoms with van der Waals surface area (Å²) in [4.78, 5) is 27.6. The first kappa shape index (κ1) is 19.9. The maximum absolute atomic E-state index is 12.4. The molecule has 1 aliphatic heterocycles. The van der Waals surface area contributed by atoms with Gasteiger partial charge in [-0.15, -0.1) is 0 Å². The van der Waals surface area contributed by atoms with Gasteiger partial charge in [-0.1, -0.05) is 6.07 Å². The second-order valence-electron chi connectivity index (χ2n) is 5.46. The Hall–Kier alpha value is -3.90. The predicted octanol–water partition coefficient (Wildman–Crippen LogP) is 2.27. The summed E-state index contributed by atoms with van der Waals surface area (Å²) in [6.07, 6.45) is 2.06. The van der Waals surface area contributed by atoms with Gasteiger partial charge in [0.05, 0.1) is 15.5 Å². The molecule has 2 amide bonds. The van der Waals surface area contributed by atoms with Crippen molar-refractivity contribution in [1.82, 2.24) is 0 Å². The lowest BCUT2D eigenvalue weighted by Crippen LogP contribution is -2.29. The summed E-state index contributed by atoms with van der Waals surface area (Å²) >= 11 is 0. The first-order valence-corrected chi connectivity index (χ1v) is 10.3. The van der Waals surface area contributed by atoms with Crippen LogP contribution in [0.1, 0.15) is 0 Å². The fourth-order valence-corrected chi connectivity index (χ4v) is 4.35. The summed E-state index contributed by atoms with van der Waals surface area (Å²) in [5, 5.41) is -0.0796. The molecule has 1 aliphatic rings. The van der Waals surface area contributed by atoms with Gasteiger partial charge < -0.3 is 0 Å². The Morgan fingerprint density at radius 2 is 1.41 bits per heavy atom. The number of amides is 2. The van der Waals surface area contributed by atoms with Crippen molar-refractivity contribution in [1.29, 1.82) is 0 Å². The van der Waals surface area contributed by atoms with Crippen LogP contribution in [-0.2, 0) is 29.6 Å². The molecule has 146 valence electrons. The molecule has 15 heteroatoms. The lowest BCUT2D eigenvalue weighted by Gasteiger charge is -2.16. The number of hydrogen-bond donors (Lipinski definition) is 0. The largest absolute Gasteiger partial charge is 0.269 e. The normalized spacial score (nSPS) is 14.0.